The Morgan fingerprint density at radius 2 is 2.15 bits per heavy atom. The maximum atomic E-state index is 11.6. The van der Waals surface area contributed by atoms with Crippen LogP contribution in [0.15, 0.2) is 12.1 Å². The number of halogens is 1. The second kappa shape index (κ2) is 4.75. The summed E-state index contributed by atoms with van der Waals surface area (Å²) in [6, 6.07) is 3.55. The number of anilines is 2. The van der Waals surface area contributed by atoms with Gasteiger partial charge in [0.1, 0.15) is 0 Å². The van der Waals surface area contributed by atoms with Crippen LogP contribution in [-0.2, 0) is 9.53 Å². The number of amides is 1. The van der Waals surface area contributed by atoms with E-state index in [1.54, 1.807) is 12.1 Å². The zero-order valence-electron chi connectivity index (χ0n) is 11.3. The Hall–Kier alpha value is -1.59. The number of Topliss-reactive ketones (excluding diaryl/α,β-unsaturated/α-hetero) is 1. The predicted octanol–water partition coefficient (Wildman–Crippen LogP) is 2.09. The molecule has 106 valence electrons. The lowest BCUT2D eigenvalue weighted by atomic mass is 10.1. The van der Waals surface area contributed by atoms with E-state index in [2.05, 4.69) is 10.2 Å². The van der Waals surface area contributed by atoms with E-state index in [0.717, 1.165) is 18.7 Å². The topological polar surface area (TPSA) is 58.6 Å². The fraction of sp³-hybridized carbons (Fsp3) is 0.429. The summed E-state index contributed by atoms with van der Waals surface area (Å²) in [4.78, 5) is 25.1. The minimum Gasteiger partial charge on any atom is -0.376 e. The Morgan fingerprint density at radius 3 is 2.80 bits per heavy atom. The van der Waals surface area contributed by atoms with Crippen molar-refractivity contribution in [2.45, 2.75) is 25.5 Å². The third-order valence-electron chi connectivity index (χ3n) is 4.00. The molecule has 0 saturated carbocycles. The summed E-state index contributed by atoms with van der Waals surface area (Å²) in [6.07, 6.45) is 1.05. The molecule has 1 amide bonds. The summed E-state index contributed by atoms with van der Waals surface area (Å²) in [6.45, 7) is 2.76. The van der Waals surface area contributed by atoms with Crippen LogP contribution >= 0.6 is 11.6 Å². The normalized spacial score (nSPS) is 24.8. The molecule has 20 heavy (non-hydrogen) atoms. The molecule has 0 aromatic heterocycles. The summed E-state index contributed by atoms with van der Waals surface area (Å²) in [7, 11) is 1.95. The molecule has 3 rings (SSSR count). The van der Waals surface area contributed by atoms with E-state index in [4.69, 9.17) is 16.3 Å². The number of ether oxygens (including phenoxy) is 1. The lowest BCUT2D eigenvalue weighted by molar-refractivity contribution is -0.112. The van der Waals surface area contributed by atoms with Crippen LogP contribution < -0.4 is 10.2 Å². The van der Waals surface area contributed by atoms with Crippen molar-refractivity contribution in [3.05, 3.63) is 22.7 Å². The lowest BCUT2D eigenvalue weighted by Gasteiger charge is -2.29. The number of rotatable bonds is 2. The minimum atomic E-state index is -0.603. The quantitative estimate of drug-likeness (QED) is 0.849. The van der Waals surface area contributed by atoms with Crippen molar-refractivity contribution < 1.29 is 14.3 Å². The molecule has 0 spiro atoms. The number of likely N-dealkylation sites (N-methyl/N-ethyl adjacent to an activating group) is 1. The summed E-state index contributed by atoms with van der Waals surface area (Å²) < 4.78 is 5.57. The van der Waals surface area contributed by atoms with Gasteiger partial charge in [0.05, 0.1) is 34.1 Å². The first-order chi connectivity index (χ1) is 9.49. The van der Waals surface area contributed by atoms with Gasteiger partial charge in [0.2, 0.25) is 0 Å². The van der Waals surface area contributed by atoms with Gasteiger partial charge < -0.3 is 15.0 Å². The Morgan fingerprint density at radius 1 is 1.40 bits per heavy atom. The highest BCUT2D eigenvalue weighted by Gasteiger charge is 2.32. The number of nitrogens with zero attached hydrogens (tertiary/aromatic N) is 1. The zero-order chi connectivity index (χ0) is 14.4. The number of fused-ring (bicyclic) bond motifs is 1. The lowest BCUT2D eigenvalue weighted by Crippen LogP contribution is -2.36. The summed E-state index contributed by atoms with van der Waals surface area (Å²) >= 11 is 6.27. The van der Waals surface area contributed by atoms with Crippen molar-refractivity contribution in [3.63, 3.8) is 0 Å². The van der Waals surface area contributed by atoms with Crippen molar-refractivity contribution in [1.82, 2.24) is 0 Å². The Kier molecular flexibility index (Phi) is 3.18. The van der Waals surface area contributed by atoms with E-state index in [1.807, 2.05) is 14.0 Å². The van der Waals surface area contributed by atoms with Crippen molar-refractivity contribution in [3.8, 4) is 0 Å². The third kappa shape index (κ3) is 1.98. The van der Waals surface area contributed by atoms with E-state index in [9.17, 15) is 9.59 Å². The van der Waals surface area contributed by atoms with Gasteiger partial charge in [-0.2, -0.15) is 0 Å². The first-order valence-corrected chi connectivity index (χ1v) is 6.90. The fourth-order valence-corrected chi connectivity index (χ4v) is 3.13. The highest BCUT2D eigenvalue weighted by Crippen LogP contribution is 2.36. The molecule has 6 heteroatoms. The first kappa shape index (κ1) is 13.4. The molecule has 1 aromatic carbocycles. The molecule has 2 unspecified atom stereocenters. The number of nitrogens with one attached hydrogen (secondary N) is 1. The molecule has 2 aliphatic rings. The van der Waals surface area contributed by atoms with E-state index >= 15 is 0 Å². The van der Waals surface area contributed by atoms with Crippen LogP contribution in [-0.4, -0.2) is 37.5 Å². The van der Waals surface area contributed by atoms with Crippen LogP contribution in [0.2, 0.25) is 5.02 Å². The third-order valence-corrected chi connectivity index (χ3v) is 4.30. The summed E-state index contributed by atoms with van der Waals surface area (Å²) in [5.41, 5.74) is 1.66. The van der Waals surface area contributed by atoms with Gasteiger partial charge in [0.15, 0.2) is 0 Å². The molecule has 1 saturated heterocycles. The molecule has 0 bridgehead atoms. The Bertz CT molecular complexity index is 602. The van der Waals surface area contributed by atoms with Crippen LogP contribution in [0.1, 0.15) is 23.7 Å². The van der Waals surface area contributed by atoms with E-state index in [1.165, 1.54) is 0 Å². The first-order valence-electron chi connectivity index (χ1n) is 6.52. The molecule has 0 aliphatic carbocycles. The largest absolute Gasteiger partial charge is 0.376 e. The average Bonchev–Trinajstić information content (AvgIpc) is 2.94. The van der Waals surface area contributed by atoms with Gasteiger partial charge in [-0.1, -0.05) is 11.6 Å². The van der Waals surface area contributed by atoms with Gasteiger partial charge in [0.25, 0.3) is 11.7 Å². The second-order valence-electron chi connectivity index (χ2n) is 5.18. The smallest absolute Gasteiger partial charge is 0.296 e. The van der Waals surface area contributed by atoms with Crippen molar-refractivity contribution in [2.75, 3.05) is 23.9 Å². The maximum absolute atomic E-state index is 11.6. The standard InChI is InChI=1S/C14H15ClN2O3/c1-7-11(3-4-20-7)17(2)12-6-10-8(5-9(12)15)13(18)14(19)16-10/h5-7,11H,3-4H2,1-2H3,(H,16,18,19). The van der Waals surface area contributed by atoms with Gasteiger partial charge in [-0.15, -0.1) is 0 Å². The van der Waals surface area contributed by atoms with Crippen LogP contribution in [0.4, 0.5) is 11.4 Å². The van der Waals surface area contributed by atoms with Crippen LogP contribution in [0.25, 0.3) is 0 Å². The van der Waals surface area contributed by atoms with E-state index in [0.29, 0.717) is 16.3 Å². The molecule has 1 aromatic rings. The van der Waals surface area contributed by atoms with Gasteiger partial charge >= 0.3 is 0 Å². The monoisotopic (exact) mass is 294 g/mol. The molecule has 2 atom stereocenters. The van der Waals surface area contributed by atoms with Crippen molar-refractivity contribution in [1.29, 1.82) is 0 Å². The van der Waals surface area contributed by atoms with Crippen LogP contribution in [0, 0.1) is 0 Å². The number of hydrogen-bond acceptors (Lipinski definition) is 4. The highest BCUT2D eigenvalue weighted by molar-refractivity contribution is 6.52. The molecule has 2 aliphatic heterocycles. The predicted molar refractivity (Wildman–Crippen MR) is 76.6 cm³/mol. The van der Waals surface area contributed by atoms with Gasteiger partial charge in [-0.25, -0.2) is 0 Å². The van der Waals surface area contributed by atoms with Crippen molar-refractivity contribution in [2.24, 2.45) is 0 Å². The fourth-order valence-electron chi connectivity index (χ4n) is 2.83. The highest BCUT2D eigenvalue weighted by atomic mass is 35.5. The Labute approximate surface area is 121 Å². The molecule has 1 fully saturated rings. The molecule has 5 nitrogen and oxygen atoms in total. The molecular weight excluding hydrogens is 280 g/mol. The Balaban J connectivity index is 1.97. The van der Waals surface area contributed by atoms with Gasteiger partial charge in [-0.05, 0) is 25.5 Å². The summed E-state index contributed by atoms with van der Waals surface area (Å²) in [5.74, 6) is -1.14. The van der Waals surface area contributed by atoms with E-state index in [-0.39, 0.29) is 12.1 Å². The number of carbonyl (C=O) groups excluding carboxylic acids is 2. The van der Waals surface area contributed by atoms with E-state index < -0.39 is 11.7 Å². The number of ketones is 1. The minimum absolute atomic E-state index is 0.126. The van der Waals surface area contributed by atoms with Gasteiger partial charge in [0, 0.05) is 13.7 Å². The molecule has 2 heterocycles. The molecular formula is C14H15ClN2O3. The second-order valence-corrected chi connectivity index (χ2v) is 5.58. The SMILES string of the molecule is CC1OCCC1N(C)c1cc2c(cc1Cl)C(=O)C(=O)N2. The average molecular weight is 295 g/mol. The van der Waals surface area contributed by atoms with Crippen LogP contribution in [0.5, 0.6) is 0 Å². The number of hydrogen-bond donors (Lipinski definition) is 1. The number of benzene rings is 1. The zero-order valence-corrected chi connectivity index (χ0v) is 12.0. The molecule has 1 N–H and O–H groups in total. The van der Waals surface area contributed by atoms with Gasteiger partial charge in [-0.3, -0.25) is 9.59 Å². The number of carbonyl (C=O) groups is 2. The molecule has 0 radical (unpaired) electrons. The van der Waals surface area contributed by atoms with Crippen LogP contribution in [0.3, 0.4) is 0 Å². The summed E-state index contributed by atoms with van der Waals surface area (Å²) in [5, 5.41) is 3.03. The maximum Gasteiger partial charge on any atom is 0.296 e. The van der Waals surface area contributed by atoms with Crippen molar-refractivity contribution >= 4 is 34.7 Å².